The normalized spacial score (nSPS) is 10.1. The molecule has 0 aliphatic rings. The largest absolute Gasteiger partial charge is 0.397 e. The molecule has 0 bridgehead atoms. The highest BCUT2D eigenvalue weighted by Gasteiger charge is 2.09. The van der Waals surface area contributed by atoms with E-state index < -0.39 is 0 Å². The summed E-state index contributed by atoms with van der Waals surface area (Å²) in [5.41, 5.74) is 6.79. The van der Waals surface area contributed by atoms with E-state index in [1.165, 1.54) is 23.5 Å². The molecule has 2 nitrogen and oxygen atoms in total. The third kappa shape index (κ3) is 2.08. The minimum Gasteiger partial charge on any atom is -0.397 e. The van der Waals surface area contributed by atoms with Crippen LogP contribution in [0, 0.1) is 17.1 Å². The van der Waals surface area contributed by atoms with Crippen molar-refractivity contribution in [2.75, 3.05) is 5.73 Å². The molecule has 0 saturated carbocycles. The predicted octanol–water partition coefficient (Wildman–Crippen LogP) is 3.77. The molecule has 1 heterocycles. The van der Waals surface area contributed by atoms with Crippen molar-refractivity contribution in [1.82, 2.24) is 0 Å². The molecule has 0 spiro atoms. The van der Waals surface area contributed by atoms with E-state index in [1.807, 2.05) is 6.07 Å². The standard InChI is InChI=1S/C11H6BrFN2S/c12-7-1-6(2-8(13)3-7)10-4-9(15)11(5-14)16-10/h1-4H,15H2. The lowest BCUT2D eigenvalue weighted by Crippen LogP contribution is -1.82. The number of nitrogens with zero attached hydrogens (tertiary/aromatic N) is 1. The molecule has 2 aromatic rings. The second-order valence-corrected chi connectivity index (χ2v) is 5.13. The smallest absolute Gasteiger partial charge is 0.128 e. The molecule has 0 saturated heterocycles. The van der Waals surface area contributed by atoms with Crippen LogP contribution < -0.4 is 5.73 Å². The number of nitrogens with two attached hydrogens (primary N) is 1. The van der Waals surface area contributed by atoms with Gasteiger partial charge in [-0.15, -0.1) is 11.3 Å². The molecule has 0 amide bonds. The summed E-state index contributed by atoms with van der Waals surface area (Å²) < 4.78 is 13.8. The zero-order chi connectivity index (χ0) is 11.7. The summed E-state index contributed by atoms with van der Waals surface area (Å²) in [6.45, 7) is 0. The first-order chi connectivity index (χ1) is 7.60. The number of benzene rings is 1. The Labute approximate surface area is 104 Å². The number of nitrogen functional groups attached to an aromatic ring is 1. The number of hydrogen-bond donors (Lipinski definition) is 1. The van der Waals surface area contributed by atoms with Gasteiger partial charge in [0.15, 0.2) is 0 Å². The number of thiophene rings is 1. The molecule has 80 valence electrons. The van der Waals surface area contributed by atoms with Crippen LogP contribution >= 0.6 is 27.3 Å². The van der Waals surface area contributed by atoms with Crippen LogP contribution in [0.25, 0.3) is 10.4 Å². The minimum absolute atomic E-state index is 0.324. The zero-order valence-corrected chi connectivity index (χ0v) is 10.4. The van der Waals surface area contributed by atoms with Gasteiger partial charge in [-0.3, -0.25) is 0 Å². The Hall–Kier alpha value is -1.38. The van der Waals surface area contributed by atoms with Crippen LogP contribution in [0.15, 0.2) is 28.7 Å². The molecule has 0 unspecified atom stereocenters. The summed E-state index contributed by atoms with van der Waals surface area (Å²) in [5, 5.41) is 8.78. The molecule has 1 aromatic carbocycles. The van der Waals surface area contributed by atoms with E-state index >= 15 is 0 Å². The van der Waals surface area contributed by atoms with Gasteiger partial charge in [0, 0.05) is 9.35 Å². The Kier molecular flexibility index (Phi) is 2.95. The van der Waals surface area contributed by atoms with Crippen molar-refractivity contribution in [3.63, 3.8) is 0 Å². The molecular formula is C11H6BrFN2S. The van der Waals surface area contributed by atoms with Crippen molar-refractivity contribution in [2.24, 2.45) is 0 Å². The van der Waals surface area contributed by atoms with Gasteiger partial charge >= 0.3 is 0 Å². The van der Waals surface area contributed by atoms with E-state index in [0.29, 0.717) is 20.6 Å². The van der Waals surface area contributed by atoms with E-state index in [2.05, 4.69) is 15.9 Å². The predicted molar refractivity (Wildman–Crippen MR) is 66.5 cm³/mol. The van der Waals surface area contributed by atoms with E-state index in [-0.39, 0.29) is 5.82 Å². The molecule has 5 heteroatoms. The first kappa shape index (κ1) is 11.1. The Morgan fingerprint density at radius 2 is 2.06 bits per heavy atom. The lowest BCUT2D eigenvalue weighted by molar-refractivity contribution is 0.627. The summed E-state index contributed by atoms with van der Waals surface area (Å²) in [6, 6.07) is 8.27. The summed E-state index contributed by atoms with van der Waals surface area (Å²) in [6.07, 6.45) is 0. The van der Waals surface area contributed by atoms with E-state index in [4.69, 9.17) is 11.0 Å². The lowest BCUT2D eigenvalue weighted by Gasteiger charge is -1.98. The van der Waals surface area contributed by atoms with Gasteiger partial charge in [-0.2, -0.15) is 5.26 Å². The first-order valence-corrected chi connectivity index (χ1v) is 5.97. The van der Waals surface area contributed by atoms with Crippen LogP contribution in [0.3, 0.4) is 0 Å². The monoisotopic (exact) mass is 296 g/mol. The van der Waals surface area contributed by atoms with Crippen LogP contribution in [-0.4, -0.2) is 0 Å². The maximum absolute atomic E-state index is 13.2. The quantitative estimate of drug-likeness (QED) is 0.871. The summed E-state index contributed by atoms with van der Waals surface area (Å²) >= 11 is 4.48. The third-order valence-electron chi connectivity index (χ3n) is 2.01. The van der Waals surface area contributed by atoms with Gasteiger partial charge in [0.25, 0.3) is 0 Å². The molecule has 2 N–H and O–H groups in total. The lowest BCUT2D eigenvalue weighted by atomic mass is 10.2. The van der Waals surface area contributed by atoms with Crippen LogP contribution in [0.2, 0.25) is 0 Å². The maximum atomic E-state index is 13.2. The summed E-state index contributed by atoms with van der Waals surface area (Å²) in [7, 11) is 0. The number of anilines is 1. The van der Waals surface area contributed by atoms with Crippen molar-refractivity contribution in [3.05, 3.63) is 39.4 Å². The molecule has 0 aliphatic heterocycles. The highest BCUT2D eigenvalue weighted by Crippen LogP contribution is 2.34. The molecule has 0 aliphatic carbocycles. The van der Waals surface area contributed by atoms with Gasteiger partial charge in [-0.05, 0) is 29.8 Å². The Bertz CT molecular complexity index is 566. The average Bonchev–Trinajstić information content (AvgIpc) is 2.58. The van der Waals surface area contributed by atoms with Crippen molar-refractivity contribution in [1.29, 1.82) is 5.26 Å². The molecule has 0 radical (unpaired) electrons. The van der Waals surface area contributed by atoms with E-state index in [1.54, 1.807) is 12.1 Å². The molecule has 0 fully saturated rings. The van der Waals surface area contributed by atoms with Crippen LogP contribution in [0.1, 0.15) is 4.88 Å². The summed E-state index contributed by atoms with van der Waals surface area (Å²) in [4.78, 5) is 1.24. The van der Waals surface area contributed by atoms with Gasteiger partial charge in [-0.25, -0.2) is 4.39 Å². The van der Waals surface area contributed by atoms with Crippen LogP contribution in [0.4, 0.5) is 10.1 Å². The van der Waals surface area contributed by atoms with Crippen molar-refractivity contribution < 1.29 is 4.39 Å². The fraction of sp³-hybridized carbons (Fsp3) is 0. The van der Waals surface area contributed by atoms with Crippen LogP contribution in [0.5, 0.6) is 0 Å². The molecule has 0 atom stereocenters. The summed E-state index contributed by atoms with van der Waals surface area (Å²) in [5.74, 6) is -0.324. The molecule has 1 aromatic heterocycles. The Morgan fingerprint density at radius 1 is 1.31 bits per heavy atom. The van der Waals surface area contributed by atoms with E-state index in [9.17, 15) is 4.39 Å². The average molecular weight is 297 g/mol. The van der Waals surface area contributed by atoms with Gasteiger partial charge < -0.3 is 5.73 Å². The number of rotatable bonds is 1. The third-order valence-corrected chi connectivity index (χ3v) is 3.57. The Morgan fingerprint density at radius 3 is 2.62 bits per heavy atom. The van der Waals surface area contributed by atoms with Crippen molar-refractivity contribution >= 4 is 33.0 Å². The topological polar surface area (TPSA) is 49.8 Å². The second kappa shape index (κ2) is 4.24. The first-order valence-electron chi connectivity index (χ1n) is 4.36. The molecule has 16 heavy (non-hydrogen) atoms. The van der Waals surface area contributed by atoms with Crippen molar-refractivity contribution in [3.8, 4) is 16.5 Å². The Balaban J connectivity index is 2.55. The number of hydrogen-bond acceptors (Lipinski definition) is 3. The fourth-order valence-corrected chi connectivity index (χ4v) is 2.66. The van der Waals surface area contributed by atoms with E-state index in [0.717, 1.165) is 4.88 Å². The SMILES string of the molecule is N#Cc1sc(-c2cc(F)cc(Br)c2)cc1N. The van der Waals surface area contributed by atoms with Gasteiger partial charge in [-0.1, -0.05) is 15.9 Å². The number of halogens is 2. The number of nitriles is 1. The molecular weight excluding hydrogens is 291 g/mol. The van der Waals surface area contributed by atoms with Gasteiger partial charge in [0.1, 0.15) is 16.8 Å². The van der Waals surface area contributed by atoms with Crippen LogP contribution in [-0.2, 0) is 0 Å². The van der Waals surface area contributed by atoms with Crippen molar-refractivity contribution in [2.45, 2.75) is 0 Å². The minimum atomic E-state index is -0.324. The van der Waals surface area contributed by atoms with Gasteiger partial charge in [0.05, 0.1) is 5.69 Å². The highest BCUT2D eigenvalue weighted by molar-refractivity contribution is 9.10. The second-order valence-electron chi connectivity index (χ2n) is 3.17. The highest BCUT2D eigenvalue weighted by atomic mass is 79.9. The maximum Gasteiger partial charge on any atom is 0.128 e. The zero-order valence-electron chi connectivity index (χ0n) is 8.00. The molecule has 2 rings (SSSR count). The fourth-order valence-electron chi connectivity index (χ4n) is 1.33. The van der Waals surface area contributed by atoms with Gasteiger partial charge in [0.2, 0.25) is 0 Å².